The first-order valence-electron chi connectivity index (χ1n) is 10.2. The van der Waals surface area contributed by atoms with Crippen LogP contribution < -0.4 is 10.2 Å². The van der Waals surface area contributed by atoms with Gasteiger partial charge in [0.15, 0.2) is 9.84 Å². The second-order valence-electron chi connectivity index (χ2n) is 8.11. The first-order chi connectivity index (χ1) is 15.3. The summed E-state index contributed by atoms with van der Waals surface area (Å²) in [5.74, 6) is -1.04. The number of benzene rings is 2. The van der Waals surface area contributed by atoms with Gasteiger partial charge in [-0.15, -0.1) is 0 Å². The van der Waals surface area contributed by atoms with Gasteiger partial charge in [-0.1, -0.05) is 12.1 Å². The number of hydrogen-bond acceptors (Lipinski definition) is 7. The van der Waals surface area contributed by atoms with Crippen LogP contribution in [0.25, 0.3) is 0 Å². The van der Waals surface area contributed by atoms with E-state index in [2.05, 4.69) is 0 Å². The Balaban J connectivity index is 1.40. The average Bonchev–Trinajstić information content (AvgIpc) is 3.34. The average molecular weight is 465 g/mol. The van der Waals surface area contributed by atoms with Crippen LogP contribution in [-0.4, -0.2) is 50.9 Å². The Labute approximate surface area is 185 Å². The molecular formula is C22H24FNO7S. The molecule has 0 bridgehead atoms. The molecule has 1 heterocycles. The molecule has 1 amide bonds. The minimum atomic E-state index is -3.85. The number of ether oxygens (including phenoxy) is 3. The number of sulfone groups is 1. The van der Waals surface area contributed by atoms with Crippen LogP contribution >= 0.6 is 0 Å². The zero-order chi connectivity index (χ0) is 22.8. The van der Waals surface area contributed by atoms with Gasteiger partial charge in [-0.3, -0.25) is 10.0 Å². The molecule has 2 aromatic rings. The number of carbonyl (C=O) groups is 1. The molecule has 0 aromatic heterocycles. The van der Waals surface area contributed by atoms with Gasteiger partial charge in [0, 0.05) is 6.42 Å². The second kappa shape index (κ2) is 9.14. The molecule has 2 aliphatic rings. The molecule has 2 unspecified atom stereocenters. The van der Waals surface area contributed by atoms with E-state index >= 15 is 0 Å². The SMILES string of the molecule is O=C(NO)C1(CS(=O)(=O)c2ccc(OCCc3ccc(F)cc3)cc2)CC2OCOC2C1. The van der Waals surface area contributed by atoms with Crippen molar-refractivity contribution in [3.8, 4) is 5.75 Å². The topological polar surface area (TPSA) is 111 Å². The lowest BCUT2D eigenvalue weighted by Crippen LogP contribution is -2.43. The molecule has 0 radical (unpaired) electrons. The van der Waals surface area contributed by atoms with Crippen LogP contribution in [-0.2, 0) is 30.5 Å². The van der Waals surface area contributed by atoms with Crippen molar-refractivity contribution >= 4 is 15.7 Å². The number of fused-ring (bicyclic) bond motifs is 1. The van der Waals surface area contributed by atoms with Crippen molar-refractivity contribution in [3.63, 3.8) is 0 Å². The van der Waals surface area contributed by atoms with Gasteiger partial charge in [0.1, 0.15) is 18.4 Å². The Kier molecular flexibility index (Phi) is 6.47. The third kappa shape index (κ3) is 4.78. The highest BCUT2D eigenvalue weighted by atomic mass is 32.2. The van der Waals surface area contributed by atoms with Crippen molar-refractivity contribution < 1.29 is 37.0 Å². The maximum atomic E-state index is 13.1. The van der Waals surface area contributed by atoms with E-state index < -0.39 is 26.9 Å². The van der Waals surface area contributed by atoms with Crippen LogP contribution in [0.4, 0.5) is 4.39 Å². The van der Waals surface area contributed by atoms with Gasteiger partial charge < -0.3 is 14.2 Å². The molecular weight excluding hydrogens is 441 g/mol. The summed E-state index contributed by atoms with van der Waals surface area (Å²) in [6.45, 7) is 0.460. The van der Waals surface area contributed by atoms with E-state index in [1.54, 1.807) is 29.7 Å². The number of hydroxylamine groups is 1. The Morgan fingerprint density at radius 2 is 1.72 bits per heavy atom. The highest BCUT2D eigenvalue weighted by Gasteiger charge is 2.55. The molecule has 2 atom stereocenters. The fourth-order valence-corrected chi connectivity index (χ4v) is 6.09. The summed E-state index contributed by atoms with van der Waals surface area (Å²) in [5.41, 5.74) is 1.19. The van der Waals surface area contributed by atoms with Gasteiger partial charge in [-0.25, -0.2) is 18.3 Å². The zero-order valence-corrected chi connectivity index (χ0v) is 18.0. The summed E-state index contributed by atoms with van der Waals surface area (Å²) >= 11 is 0. The van der Waals surface area contributed by atoms with Gasteiger partial charge in [0.2, 0.25) is 0 Å². The Morgan fingerprint density at radius 3 is 2.31 bits per heavy atom. The molecule has 0 spiro atoms. The molecule has 10 heteroatoms. The normalized spacial score (nSPS) is 24.8. The minimum Gasteiger partial charge on any atom is -0.493 e. The Bertz CT molecular complexity index is 1040. The van der Waals surface area contributed by atoms with Gasteiger partial charge in [0.25, 0.3) is 5.91 Å². The predicted octanol–water partition coefficient (Wildman–Crippen LogP) is 2.25. The summed E-state index contributed by atoms with van der Waals surface area (Å²) < 4.78 is 55.6. The van der Waals surface area contributed by atoms with E-state index in [1.165, 1.54) is 24.3 Å². The highest BCUT2D eigenvalue weighted by Crippen LogP contribution is 2.45. The first kappa shape index (κ1) is 22.7. The van der Waals surface area contributed by atoms with Crippen LogP contribution in [0.3, 0.4) is 0 Å². The fraction of sp³-hybridized carbons (Fsp3) is 0.409. The number of rotatable bonds is 8. The van der Waals surface area contributed by atoms with Crippen molar-refractivity contribution in [1.29, 1.82) is 0 Å². The molecule has 1 aliphatic heterocycles. The lowest BCUT2D eigenvalue weighted by molar-refractivity contribution is -0.140. The van der Waals surface area contributed by atoms with E-state index in [-0.39, 0.29) is 42.6 Å². The summed E-state index contributed by atoms with van der Waals surface area (Å²) in [7, 11) is -3.85. The Hall–Kier alpha value is -2.53. The van der Waals surface area contributed by atoms with Crippen LogP contribution in [0.15, 0.2) is 53.4 Å². The van der Waals surface area contributed by atoms with Gasteiger partial charge >= 0.3 is 0 Å². The largest absolute Gasteiger partial charge is 0.493 e. The second-order valence-corrected chi connectivity index (χ2v) is 10.1. The molecule has 2 fully saturated rings. The molecule has 2 aromatic carbocycles. The van der Waals surface area contributed by atoms with E-state index in [0.29, 0.717) is 18.8 Å². The molecule has 1 saturated heterocycles. The minimum absolute atomic E-state index is 0.0485. The van der Waals surface area contributed by atoms with Gasteiger partial charge in [0.05, 0.1) is 34.9 Å². The summed E-state index contributed by atoms with van der Waals surface area (Å²) in [6.07, 6.45) is 0.117. The van der Waals surface area contributed by atoms with Crippen LogP contribution in [0.5, 0.6) is 5.75 Å². The number of carbonyl (C=O) groups excluding carboxylic acids is 1. The molecule has 1 saturated carbocycles. The quantitative estimate of drug-likeness (QED) is 0.454. The van der Waals surface area contributed by atoms with Crippen molar-refractivity contribution in [3.05, 3.63) is 59.9 Å². The summed E-state index contributed by atoms with van der Waals surface area (Å²) in [6, 6.07) is 12.1. The lowest BCUT2D eigenvalue weighted by atomic mass is 9.87. The van der Waals surface area contributed by atoms with E-state index in [1.807, 2.05) is 0 Å². The van der Waals surface area contributed by atoms with E-state index in [0.717, 1.165) is 5.56 Å². The van der Waals surface area contributed by atoms with Crippen LogP contribution in [0, 0.1) is 11.2 Å². The van der Waals surface area contributed by atoms with Crippen molar-refractivity contribution in [1.82, 2.24) is 5.48 Å². The number of amides is 1. The number of halogens is 1. The fourth-order valence-electron chi connectivity index (χ4n) is 4.28. The molecule has 1 aliphatic carbocycles. The number of hydrogen-bond donors (Lipinski definition) is 2. The van der Waals surface area contributed by atoms with Crippen molar-refractivity contribution in [2.24, 2.45) is 5.41 Å². The maximum absolute atomic E-state index is 13.1. The standard InChI is InChI=1S/C22H24FNO7S/c23-16-3-1-15(2-4-16)9-10-29-17-5-7-18(8-6-17)32(27,28)13-22(21(25)24-26)11-19-20(12-22)31-14-30-19/h1-8,19-20,26H,9-14H2,(H,24,25). The van der Waals surface area contributed by atoms with E-state index in [9.17, 15) is 22.8 Å². The van der Waals surface area contributed by atoms with Crippen LogP contribution in [0.1, 0.15) is 18.4 Å². The molecule has 2 N–H and O–H groups in total. The monoisotopic (exact) mass is 465 g/mol. The molecule has 8 nitrogen and oxygen atoms in total. The molecule has 4 rings (SSSR count). The predicted molar refractivity (Wildman–Crippen MR) is 110 cm³/mol. The smallest absolute Gasteiger partial charge is 0.250 e. The van der Waals surface area contributed by atoms with Crippen molar-refractivity contribution in [2.75, 3.05) is 19.2 Å². The summed E-state index contributed by atoms with van der Waals surface area (Å²) in [4.78, 5) is 12.5. The van der Waals surface area contributed by atoms with E-state index in [4.69, 9.17) is 14.2 Å². The third-order valence-electron chi connectivity index (χ3n) is 5.97. The maximum Gasteiger partial charge on any atom is 0.250 e. The highest BCUT2D eigenvalue weighted by molar-refractivity contribution is 7.91. The van der Waals surface area contributed by atoms with Crippen molar-refractivity contribution in [2.45, 2.75) is 36.4 Å². The zero-order valence-electron chi connectivity index (χ0n) is 17.2. The lowest BCUT2D eigenvalue weighted by Gasteiger charge is -2.27. The molecule has 32 heavy (non-hydrogen) atoms. The summed E-state index contributed by atoms with van der Waals surface area (Å²) in [5, 5.41) is 9.19. The van der Waals surface area contributed by atoms with Crippen LogP contribution in [0.2, 0.25) is 0 Å². The first-order valence-corrected chi connectivity index (χ1v) is 11.8. The Morgan fingerprint density at radius 1 is 1.09 bits per heavy atom. The number of nitrogens with one attached hydrogen (secondary N) is 1. The van der Waals surface area contributed by atoms with Gasteiger partial charge in [-0.2, -0.15) is 0 Å². The molecule has 172 valence electrons. The van der Waals surface area contributed by atoms with Gasteiger partial charge in [-0.05, 0) is 54.8 Å². The third-order valence-corrected chi connectivity index (χ3v) is 7.89.